The number of halogens is 1. The summed E-state index contributed by atoms with van der Waals surface area (Å²) in [6.07, 6.45) is 0. The molecule has 0 aliphatic heterocycles. The van der Waals surface area contributed by atoms with Gasteiger partial charge in [0.1, 0.15) is 12.3 Å². The summed E-state index contributed by atoms with van der Waals surface area (Å²) >= 11 is 3.42. The first kappa shape index (κ1) is 19.5. The average molecular weight is 406 g/mol. The van der Waals surface area contributed by atoms with Gasteiger partial charge in [-0.2, -0.15) is 0 Å². The maximum absolute atomic E-state index is 12.3. The van der Waals surface area contributed by atoms with Crippen molar-refractivity contribution in [2.24, 2.45) is 0 Å². The first-order valence-corrected chi connectivity index (χ1v) is 9.35. The zero-order chi connectivity index (χ0) is 18.2. The van der Waals surface area contributed by atoms with Crippen LogP contribution in [0.15, 0.2) is 53.0 Å². The van der Waals surface area contributed by atoms with Crippen LogP contribution in [0.5, 0.6) is 5.75 Å². The fourth-order valence-corrected chi connectivity index (χ4v) is 2.95. The number of carbonyl (C=O) groups is 1. The summed E-state index contributed by atoms with van der Waals surface area (Å²) in [4.78, 5) is 13.4. The Bertz CT molecular complexity index is 671. The summed E-state index contributed by atoms with van der Waals surface area (Å²) in [6.45, 7) is 5.88. The van der Waals surface area contributed by atoms with Crippen molar-refractivity contribution in [1.82, 2.24) is 5.32 Å². The van der Waals surface area contributed by atoms with Gasteiger partial charge in [-0.3, -0.25) is 4.79 Å². The fourth-order valence-electron chi connectivity index (χ4n) is 2.68. The molecular formula is C20H26BrN2O2+. The van der Waals surface area contributed by atoms with E-state index in [1.54, 1.807) is 0 Å². The lowest BCUT2D eigenvalue weighted by molar-refractivity contribution is -0.885. The number of amides is 1. The minimum absolute atomic E-state index is 0.00104. The molecule has 2 aromatic rings. The van der Waals surface area contributed by atoms with E-state index < -0.39 is 0 Å². The van der Waals surface area contributed by atoms with Gasteiger partial charge in [0.25, 0.3) is 5.91 Å². The van der Waals surface area contributed by atoms with E-state index in [2.05, 4.69) is 33.4 Å². The van der Waals surface area contributed by atoms with E-state index in [9.17, 15) is 4.79 Å². The first-order chi connectivity index (χ1) is 12.0. The highest BCUT2D eigenvalue weighted by Gasteiger charge is 2.14. The van der Waals surface area contributed by atoms with E-state index in [0.717, 1.165) is 27.2 Å². The number of carbonyl (C=O) groups excluding carboxylic acids is 1. The van der Waals surface area contributed by atoms with Crippen LogP contribution in [0.2, 0.25) is 0 Å². The Kier molecular flexibility index (Phi) is 7.47. The number of rotatable bonds is 8. The second-order valence-electron chi connectivity index (χ2n) is 6.23. The standard InChI is InChI=1S/C20H25BrN2O2/c1-4-25-19-11-5-16(6-12-19)13-23(3)14-20(24)22-15(2)17-7-9-18(21)10-8-17/h5-12,15H,4,13-14H2,1-3H3,(H,22,24)/p+1/t15-/m1/s1. The van der Waals surface area contributed by atoms with E-state index in [1.807, 2.05) is 57.3 Å². The third-order valence-electron chi connectivity index (χ3n) is 3.95. The smallest absolute Gasteiger partial charge is 0.275 e. The van der Waals surface area contributed by atoms with Crippen LogP contribution in [0.25, 0.3) is 0 Å². The Morgan fingerprint density at radius 2 is 1.80 bits per heavy atom. The van der Waals surface area contributed by atoms with E-state index in [0.29, 0.717) is 13.2 Å². The van der Waals surface area contributed by atoms with Gasteiger partial charge in [-0.15, -0.1) is 0 Å². The summed E-state index contributed by atoms with van der Waals surface area (Å²) in [7, 11) is 2.03. The number of nitrogens with one attached hydrogen (secondary N) is 2. The Morgan fingerprint density at radius 3 is 2.40 bits per heavy atom. The molecule has 0 aromatic heterocycles. The molecule has 1 amide bonds. The minimum atomic E-state index is -0.00104. The van der Waals surface area contributed by atoms with Gasteiger partial charge in [0.15, 0.2) is 6.54 Å². The van der Waals surface area contributed by atoms with Gasteiger partial charge in [0.2, 0.25) is 0 Å². The van der Waals surface area contributed by atoms with Gasteiger partial charge in [-0.25, -0.2) is 0 Å². The van der Waals surface area contributed by atoms with Gasteiger partial charge in [0, 0.05) is 10.0 Å². The van der Waals surface area contributed by atoms with Crippen molar-refractivity contribution in [3.63, 3.8) is 0 Å². The van der Waals surface area contributed by atoms with Crippen LogP contribution in [0, 0.1) is 0 Å². The molecule has 2 N–H and O–H groups in total. The van der Waals surface area contributed by atoms with Crippen LogP contribution in [0.1, 0.15) is 31.0 Å². The molecule has 0 saturated carbocycles. The molecular weight excluding hydrogens is 380 g/mol. The molecule has 2 rings (SSSR count). The van der Waals surface area contributed by atoms with Gasteiger partial charge in [0.05, 0.1) is 19.7 Å². The molecule has 134 valence electrons. The maximum atomic E-state index is 12.3. The highest BCUT2D eigenvalue weighted by Crippen LogP contribution is 2.16. The largest absolute Gasteiger partial charge is 0.494 e. The predicted octanol–water partition coefficient (Wildman–Crippen LogP) is 2.74. The van der Waals surface area contributed by atoms with Crippen molar-refractivity contribution in [3.8, 4) is 5.75 Å². The van der Waals surface area contributed by atoms with E-state index in [4.69, 9.17) is 4.74 Å². The zero-order valence-electron chi connectivity index (χ0n) is 15.0. The Morgan fingerprint density at radius 1 is 1.16 bits per heavy atom. The van der Waals surface area contributed by atoms with E-state index in [1.165, 1.54) is 5.56 Å². The third-order valence-corrected chi connectivity index (χ3v) is 4.48. The van der Waals surface area contributed by atoms with Crippen molar-refractivity contribution >= 4 is 21.8 Å². The maximum Gasteiger partial charge on any atom is 0.275 e. The average Bonchev–Trinajstić information content (AvgIpc) is 2.57. The van der Waals surface area contributed by atoms with E-state index >= 15 is 0 Å². The topological polar surface area (TPSA) is 42.8 Å². The van der Waals surface area contributed by atoms with E-state index in [-0.39, 0.29) is 11.9 Å². The molecule has 0 spiro atoms. The molecule has 2 aromatic carbocycles. The zero-order valence-corrected chi connectivity index (χ0v) is 16.6. The summed E-state index contributed by atoms with van der Waals surface area (Å²) in [5.74, 6) is 0.934. The number of benzene rings is 2. The van der Waals surface area contributed by atoms with Crippen LogP contribution >= 0.6 is 15.9 Å². The molecule has 0 aliphatic carbocycles. The van der Waals surface area contributed by atoms with Crippen LogP contribution in [0.4, 0.5) is 0 Å². The monoisotopic (exact) mass is 405 g/mol. The SMILES string of the molecule is CCOc1ccc(C[NH+](C)CC(=O)N[C@H](C)c2ccc(Br)cc2)cc1. The van der Waals surface area contributed by atoms with Crippen molar-refractivity contribution < 1.29 is 14.4 Å². The molecule has 0 aliphatic rings. The lowest BCUT2D eigenvalue weighted by Crippen LogP contribution is -3.08. The lowest BCUT2D eigenvalue weighted by Gasteiger charge is -2.17. The first-order valence-electron chi connectivity index (χ1n) is 8.55. The number of quaternary nitrogens is 1. The Hall–Kier alpha value is -1.85. The molecule has 0 bridgehead atoms. The number of hydrogen-bond acceptors (Lipinski definition) is 2. The molecule has 4 nitrogen and oxygen atoms in total. The van der Waals surface area contributed by atoms with Crippen molar-refractivity contribution in [1.29, 1.82) is 0 Å². The van der Waals surface area contributed by atoms with Gasteiger partial charge < -0.3 is 15.0 Å². The predicted molar refractivity (Wildman–Crippen MR) is 104 cm³/mol. The molecule has 2 atom stereocenters. The fraction of sp³-hybridized carbons (Fsp3) is 0.350. The second kappa shape index (κ2) is 9.59. The molecule has 5 heteroatoms. The lowest BCUT2D eigenvalue weighted by atomic mass is 10.1. The normalized spacial score (nSPS) is 13.1. The molecule has 0 saturated heterocycles. The van der Waals surface area contributed by atoms with Crippen molar-refractivity contribution in [3.05, 3.63) is 64.1 Å². The number of likely N-dealkylation sites (N-methyl/N-ethyl adjacent to an activating group) is 1. The minimum Gasteiger partial charge on any atom is -0.494 e. The molecule has 1 unspecified atom stereocenters. The summed E-state index contributed by atoms with van der Waals surface area (Å²) in [6, 6.07) is 16.1. The molecule has 0 fully saturated rings. The summed E-state index contributed by atoms with van der Waals surface area (Å²) in [5, 5.41) is 3.06. The molecule has 25 heavy (non-hydrogen) atoms. The highest BCUT2D eigenvalue weighted by atomic mass is 79.9. The van der Waals surface area contributed by atoms with Crippen molar-refractivity contribution in [2.45, 2.75) is 26.4 Å². The number of ether oxygens (including phenoxy) is 1. The quantitative estimate of drug-likeness (QED) is 0.708. The third kappa shape index (κ3) is 6.52. The van der Waals surface area contributed by atoms with Crippen LogP contribution in [-0.2, 0) is 11.3 Å². The molecule has 0 radical (unpaired) electrons. The van der Waals surface area contributed by atoms with Gasteiger partial charge in [-0.1, -0.05) is 28.1 Å². The van der Waals surface area contributed by atoms with Crippen LogP contribution in [-0.4, -0.2) is 26.1 Å². The van der Waals surface area contributed by atoms with Crippen LogP contribution in [0.3, 0.4) is 0 Å². The van der Waals surface area contributed by atoms with Gasteiger partial charge in [-0.05, 0) is 55.8 Å². The Balaban J connectivity index is 1.81. The molecule has 0 heterocycles. The highest BCUT2D eigenvalue weighted by molar-refractivity contribution is 9.10. The second-order valence-corrected chi connectivity index (χ2v) is 7.14. The number of hydrogen-bond donors (Lipinski definition) is 2. The summed E-state index contributed by atoms with van der Waals surface area (Å²) < 4.78 is 6.49. The Labute approximate surface area is 158 Å². The van der Waals surface area contributed by atoms with Gasteiger partial charge >= 0.3 is 0 Å². The van der Waals surface area contributed by atoms with Crippen molar-refractivity contribution in [2.75, 3.05) is 20.2 Å². The summed E-state index contributed by atoms with van der Waals surface area (Å²) in [5.41, 5.74) is 2.29. The van der Waals surface area contributed by atoms with Crippen LogP contribution < -0.4 is 15.0 Å².